The molecule has 2 aromatic rings. The molecule has 27 heavy (non-hydrogen) atoms. The quantitative estimate of drug-likeness (QED) is 0.820. The van der Waals surface area contributed by atoms with Gasteiger partial charge in [0, 0.05) is 19.3 Å². The standard InChI is InChI=1S/C19H23N3O4S/c1-22(27(24,25)17-9-7-16(26-2)8-10-17)15-11-12-20-18(13-15)19(23)21-14-5-3-4-6-14/h7-14H,3-6H2,1-2H3,(H,21,23). The zero-order valence-electron chi connectivity index (χ0n) is 15.4. The van der Waals surface area contributed by atoms with Crippen molar-refractivity contribution in [2.75, 3.05) is 18.5 Å². The monoisotopic (exact) mass is 389 g/mol. The van der Waals surface area contributed by atoms with E-state index >= 15 is 0 Å². The summed E-state index contributed by atoms with van der Waals surface area (Å²) >= 11 is 0. The van der Waals surface area contributed by atoms with Gasteiger partial charge in [0.05, 0.1) is 17.7 Å². The lowest BCUT2D eigenvalue weighted by molar-refractivity contribution is 0.0933. The van der Waals surface area contributed by atoms with Gasteiger partial charge in [-0.15, -0.1) is 0 Å². The number of sulfonamides is 1. The Morgan fingerprint density at radius 1 is 1.19 bits per heavy atom. The van der Waals surface area contributed by atoms with Gasteiger partial charge >= 0.3 is 0 Å². The van der Waals surface area contributed by atoms with E-state index < -0.39 is 10.0 Å². The van der Waals surface area contributed by atoms with Gasteiger partial charge in [0.15, 0.2) is 0 Å². The fourth-order valence-electron chi connectivity index (χ4n) is 3.11. The SMILES string of the molecule is COc1ccc(S(=O)(=O)N(C)c2ccnc(C(=O)NC3CCCC3)c2)cc1. The largest absolute Gasteiger partial charge is 0.497 e. The molecule has 1 fully saturated rings. The molecule has 0 atom stereocenters. The first-order chi connectivity index (χ1) is 12.9. The molecule has 7 nitrogen and oxygen atoms in total. The maximum Gasteiger partial charge on any atom is 0.270 e. The van der Waals surface area contributed by atoms with Crippen LogP contribution >= 0.6 is 0 Å². The summed E-state index contributed by atoms with van der Waals surface area (Å²) in [6.07, 6.45) is 5.61. The Morgan fingerprint density at radius 2 is 1.85 bits per heavy atom. The number of pyridine rings is 1. The zero-order valence-corrected chi connectivity index (χ0v) is 16.2. The van der Waals surface area contributed by atoms with Crippen LogP contribution in [0.5, 0.6) is 5.75 Å². The minimum Gasteiger partial charge on any atom is -0.497 e. The average molecular weight is 389 g/mol. The zero-order chi connectivity index (χ0) is 19.4. The van der Waals surface area contributed by atoms with Crippen molar-refractivity contribution in [1.29, 1.82) is 0 Å². The van der Waals surface area contributed by atoms with Crippen LogP contribution in [-0.4, -0.2) is 39.5 Å². The molecule has 0 radical (unpaired) electrons. The lowest BCUT2D eigenvalue weighted by atomic mass is 10.2. The number of methoxy groups -OCH3 is 1. The first-order valence-electron chi connectivity index (χ1n) is 8.82. The number of nitrogens with one attached hydrogen (secondary N) is 1. The molecule has 1 saturated carbocycles. The molecule has 1 aromatic carbocycles. The van der Waals surface area contributed by atoms with Gasteiger partial charge in [0.1, 0.15) is 11.4 Å². The Balaban J connectivity index is 1.81. The van der Waals surface area contributed by atoms with Crippen molar-refractivity contribution in [2.24, 2.45) is 0 Å². The van der Waals surface area contributed by atoms with Crippen LogP contribution < -0.4 is 14.4 Å². The van der Waals surface area contributed by atoms with E-state index in [-0.39, 0.29) is 22.5 Å². The third-order valence-electron chi connectivity index (χ3n) is 4.75. The lowest BCUT2D eigenvalue weighted by Crippen LogP contribution is -2.33. The van der Waals surface area contributed by atoms with E-state index in [1.165, 1.54) is 38.6 Å². The van der Waals surface area contributed by atoms with Gasteiger partial charge in [-0.3, -0.25) is 14.1 Å². The maximum atomic E-state index is 12.9. The van der Waals surface area contributed by atoms with Crippen LogP contribution in [0.3, 0.4) is 0 Å². The highest BCUT2D eigenvalue weighted by molar-refractivity contribution is 7.92. The number of hydrogen-bond acceptors (Lipinski definition) is 5. The Morgan fingerprint density at radius 3 is 2.48 bits per heavy atom. The molecule has 8 heteroatoms. The van der Waals surface area contributed by atoms with Crippen molar-refractivity contribution in [2.45, 2.75) is 36.6 Å². The van der Waals surface area contributed by atoms with Crippen LogP contribution in [0.15, 0.2) is 47.5 Å². The van der Waals surface area contributed by atoms with Gasteiger partial charge in [-0.05, 0) is 49.2 Å². The highest BCUT2D eigenvalue weighted by Gasteiger charge is 2.23. The van der Waals surface area contributed by atoms with E-state index in [1.807, 2.05) is 0 Å². The molecule has 0 spiro atoms. The van der Waals surface area contributed by atoms with Gasteiger partial charge in [0.2, 0.25) is 0 Å². The number of nitrogens with zero attached hydrogens (tertiary/aromatic N) is 2. The molecule has 1 heterocycles. The Kier molecular flexibility index (Phi) is 5.65. The summed E-state index contributed by atoms with van der Waals surface area (Å²) in [5.74, 6) is 0.297. The second-order valence-corrected chi connectivity index (χ2v) is 8.47. The van der Waals surface area contributed by atoms with Crippen molar-refractivity contribution >= 4 is 21.6 Å². The van der Waals surface area contributed by atoms with Gasteiger partial charge in [-0.2, -0.15) is 0 Å². The molecular formula is C19H23N3O4S. The molecule has 0 unspecified atom stereocenters. The second kappa shape index (κ2) is 7.96. The van der Waals surface area contributed by atoms with Crippen LogP contribution in [0.25, 0.3) is 0 Å². The van der Waals surface area contributed by atoms with Gasteiger partial charge in [-0.1, -0.05) is 12.8 Å². The third kappa shape index (κ3) is 4.21. The summed E-state index contributed by atoms with van der Waals surface area (Å²) in [4.78, 5) is 16.6. The number of rotatable bonds is 6. The van der Waals surface area contributed by atoms with Crippen molar-refractivity contribution < 1.29 is 17.9 Å². The molecule has 3 rings (SSSR count). The van der Waals surface area contributed by atoms with Crippen LogP contribution in [0.4, 0.5) is 5.69 Å². The van der Waals surface area contributed by atoms with Gasteiger partial charge in [-0.25, -0.2) is 8.42 Å². The fraction of sp³-hybridized carbons (Fsp3) is 0.368. The fourth-order valence-corrected chi connectivity index (χ4v) is 4.30. The summed E-state index contributed by atoms with van der Waals surface area (Å²) in [5, 5.41) is 2.96. The van der Waals surface area contributed by atoms with E-state index in [4.69, 9.17) is 4.74 Å². The van der Waals surface area contributed by atoms with Gasteiger partial charge < -0.3 is 10.1 Å². The summed E-state index contributed by atoms with van der Waals surface area (Å²) in [5.41, 5.74) is 0.577. The van der Waals surface area contributed by atoms with Crippen molar-refractivity contribution in [3.05, 3.63) is 48.3 Å². The number of anilines is 1. The van der Waals surface area contributed by atoms with Crippen LogP contribution in [0, 0.1) is 0 Å². The van der Waals surface area contributed by atoms with Crippen molar-refractivity contribution in [3.63, 3.8) is 0 Å². The molecule has 1 aliphatic rings. The molecule has 0 saturated heterocycles. The molecule has 1 aromatic heterocycles. The Hall–Kier alpha value is -2.61. The minimum absolute atomic E-state index is 0.138. The van der Waals surface area contributed by atoms with E-state index in [9.17, 15) is 13.2 Å². The smallest absolute Gasteiger partial charge is 0.270 e. The predicted molar refractivity (Wildman–Crippen MR) is 103 cm³/mol. The lowest BCUT2D eigenvalue weighted by Gasteiger charge is -2.20. The summed E-state index contributed by atoms with van der Waals surface area (Å²) in [7, 11) is -0.793. The maximum absolute atomic E-state index is 12.9. The molecule has 144 valence electrons. The summed E-state index contributed by atoms with van der Waals surface area (Å²) < 4.78 is 31.9. The molecule has 0 aliphatic heterocycles. The number of carbonyl (C=O) groups is 1. The molecule has 1 N–H and O–H groups in total. The number of hydrogen-bond donors (Lipinski definition) is 1. The van der Waals surface area contributed by atoms with Crippen LogP contribution in [0.1, 0.15) is 36.2 Å². The second-order valence-electron chi connectivity index (χ2n) is 6.50. The van der Waals surface area contributed by atoms with Crippen LogP contribution in [0.2, 0.25) is 0 Å². The third-order valence-corrected chi connectivity index (χ3v) is 6.55. The summed E-state index contributed by atoms with van der Waals surface area (Å²) in [6, 6.07) is 9.38. The Bertz CT molecular complexity index is 907. The van der Waals surface area contributed by atoms with E-state index in [1.54, 1.807) is 18.2 Å². The van der Waals surface area contributed by atoms with Gasteiger partial charge in [0.25, 0.3) is 15.9 Å². The Labute approximate surface area is 159 Å². The van der Waals surface area contributed by atoms with Crippen molar-refractivity contribution in [3.8, 4) is 5.75 Å². The van der Waals surface area contributed by atoms with Crippen molar-refractivity contribution in [1.82, 2.24) is 10.3 Å². The highest BCUT2D eigenvalue weighted by Crippen LogP contribution is 2.24. The van der Waals surface area contributed by atoms with E-state index in [0.717, 1.165) is 30.0 Å². The molecule has 0 bridgehead atoms. The molecular weight excluding hydrogens is 366 g/mol. The normalized spacial score (nSPS) is 14.7. The first-order valence-corrected chi connectivity index (χ1v) is 10.3. The first kappa shape index (κ1) is 19.2. The number of amides is 1. The highest BCUT2D eigenvalue weighted by atomic mass is 32.2. The predicted octanol–water partition coefficient (Wildman–Crippen LogP) is 2.59. The average Bonchev–Trinajstić information content (AvgIpc) is 3.20. The number of benzene rings is 1. The molecule has 1 amide bonds. The van der Waals surface area contributed by atoms with E-state index in [0.29, 0.717) is 11.4 Å². The molecule has 1 aliphatic carbocycles. The topological polar surface area (TPSA) is 88.6 Å². The number of aromatic nitrogens is 1. The van der Waals surface area contributed by atoms with E-state index in [2.05, 4.69) is 10.3 Å². The summed E-state index contributed by atoms with van der Waals surface area (Å²) in [6.45, 7) is 0. The number of ether oxygens (including phenoxy) is 1. The van der Waals surface area contributed by atoms with Crippen LogP contribution in [-0.2, 0) is 10.0 Å². The number of carbonyl (C=O) groups excluding carboxylic acids is 1. The minimum atomic E-state index is -3.76.